The molecule has 1 aliphatic rings. The summed E-state index contributed by atoms with van der Waals surface area (Å²) in [6, 6.07) is 5.34. The van der Waals surface area contributed by atoms with E-state index in [-0.39, 0.29) is 36.9 Å². The summed E-state index contributed by atoms with van der Waals surface area (Å²) in [6.45, 7) is -0.115. The van der Waals surface area contributed by atoms with Crippen LogP contribution in [0.3, 0.4) is 0 Å². The molecule has 3 rings (SSSR count). The van der Waals surface area contributed by atoms with Gasteiger partial charge >= 0.3 is 6.18 Å². The lowest BCUT2D eigenvalue weighted by Gasteiger charge is -2.19. The van der Waals surface area contributed by atoms with Crippen molar-refractivity contribution in [2.24, 2.45) is 0 Å². The molecule has 134 valence electrons. The van der Waals surface area contributed by atoms with Crippen LogP contribution >= 0.6 is 24.8 Å². The summed E-state index contributed by atoms with van der Waals surface area (Å²) in [5.41, 5.74) is 2.81. The highest BCUT2D eigenvalue weighted by Gasteiger charge is 2.26. The van der Waals surface area contributed by atoms with E-state index in [1.54, 1.807) is 12.1 Å². The second-order valence-corrected chi connectivity index (χ2v) is 5.44. The highest BCUT2D eigenvalue weighted by Crippen LogP contribution is 2.27. The Kier molecular flexibility index (Phi) is 6.95. The standard InChI is InChI=1S/C15H16F3N3O.2ClH/c16-15(17,18)8-19-7-9-3-4-10-12(6-9)21-14(22)11-2-1-5-20-13(10)11;;/h3-4,6,19-20H,1-2,5,7-8H2,(H,21,22);2*1H. The van der Waals surface area contributed by atoms with Crippen LogP contribution in [0.15, 0.2) is 23.0 Å². The number of nitrogens with one attached hydrogen (secondary N) is 3. The van der Waals surface area contributed by atoms with Gasteiger partial charge in [0.1, 0.15) is 0 Å². The van der Waals surface area contributed by atoms with Crippen molar-refractivity contribution in [3.05, 3.63) is 39.7 Å². The minimum atomic E-state index is -4.23. The van der Waals surface area contributed by atoms with Gasteiger partial charge in [-0.25, -0.2) is 0 Å². The number of rotatable bonds is 3. The van der Waals surface area contributed by atoms with E-state index in [1.807, 2.05) is 6.07 Å². The van der Waals surface area contributed by atoms with Crippen molar-refractivity contribution in [1.29, 1.82) is 0 Å². The van der Waals surface area contributed by atoms with E-state index >= 15 is 0 Å². The van der Waals surface area contributed by atoms with Crippen LogP contribution in [-0.2, 0) is 13.0 Å². The Morgan fingerprint density at radius 2 is 1.96 bits per heavy atom. The average molecular weight is 384 g/mol. The smallest absolute Gasteiger partial charge is 0.384 e. The molecule has 2 aromatic rings. The number of hydrogen-bond donors (Lipinski definition) is 3. The SMILES string of the molecule is Cl.Cl.O=c1[nH]c2cc(CNCC(F)(F)F)ccc2c2c1CCCN2. The van der Waals surface area contributed by atoms with Crippen LogP contribution in [0.2, 0.25) is 0 Å². The number of anilines is 1. The fourth-order valence-corrected chi connectivity index (χ4v) is 2.76. The number of aromatic nitrogens is 1. The summed E-state index contributed by atoms with van der Waals surface area (Å²) in [4.78, 5) is 14.9. The monoisotopic (exact) mass is 383 g/mol. The van der Waals surface area contributed by atoms with Crippen molar-refractivity contribution in [3.63, 3.8) is 0 Å². The third kappa shape index (κ3) is 4.55. The summed E-state index contributed by atoms with van der Waals surface area (Å²) in [7, 11) is 0. The third-order valence-corrected chi connectivity index (χ3v) is 3.74. The summed E-state index contributed by atoms with van der Waals surface area (Å²) in [5, 5.41) is 6.49. The zero-order chi connectivity index (χ0) is 15.7. The molecule has 1 aliphatic heterocycles. The van der Waals surface area contributed by atoms with Gasteiger partial charge < -0.3 is 15.6 Å². The summed E-state index contributed by atoms with van der Waals surface area (Å²) < 4.78 is 36.4. The highest BCUT2D eigenvalue weighted by atomic mass is 35.5. The first-order valence-electron chi connectivity index (χ1n) is 7.13. The van der Waals surface area contributed by atoms with Crippen LogP contribution in [0.1, 0.15) is 17.5 Å². The maximum Gasteiger partial charge on any atom is 0.401 e. The van der Waals surface area contributed by atoms with Gasteiger partial charge in [-0.3, -0.25) is 4.79 Å². The van der Waals surface area contributed by atoms with Crippen LogP contribution in [0, 0.1) is 0 Å². The largest absolute Gasteiger partial charge is 0.401 e. The van der Waals surface area contributed by atoms with Gasteiger partial charge in [-0.1, -0.05) is 12.1 Å². The van der Waals surface area contributed by atoms with E-state index in [1.165, 1.54) is 0 Å². The molecule has 0 bridgehead atoms. The molecule has 9 heteroatoms. The van der Waals surface area contributed by atoms with Gasteiger partial charge in [0.2, 0.25) is 0 Å². The molecule has 0 amide bonds. The lowest BCUT2D eigenvalue weighted by atomic mass is 10.0. The summed E-state index contributed by atoms with van der Waals surface area (Å²) >= 11 is 0. The maximum absolute atomic E-state index is 12.1. The Morgan fingerprint density at radius 1 is 1.21 bits per heavy atom. The highest BCUT2D eigenvalue weighted by molar-refractivity contribution is 5.93. The Labute approximate surface area is 149 Å². The predicted molar refractivity (Wildman–Crippen MR) is 93.6 cm³/mol. The van der Waals surface area contributed by atoms with Crippen molar-refractivity contribution in [3.8, 4) is 0 Å². The van der Waals surface area contributed by atoms with E-state index in [2.05, 4.69) is 15.6 Å². The van der Waals surface area contributed by atoms with Crippen LogP contribution in [0.4, 0.5) is 18.9 Å². The lowest BCUT2D eigenvalue weighted by Crippen LogP contribution is -2.28. The number of hydrogen-bond acceptors (Lipinski definition) is 3. The van der Waals surface area contributed by atoms with Crippen molar-refractivity contribution in [2.75, 3.05) is 18.4 Å². The first-order valence-corrected chi connectivity index (χ1v) is 7.13. The van der Waals surface area contributed by atoms with Gasteiger partial charge in [0.05, 0.1) is 17.7 Å². The Morgan fingerprint density at radius 3 is 2.67 bits per heavy atom. The van der Waals surface area contributed by atoms with Gasteiger partial charge in [0.15, 0.2) is 0 Å². The van der Waals surface area contributed by atoms with Gasteiger partial charge in [0.25, 0.3) is 5.56 Å². The van der Waals surface area contributed by atoms with Crippen molar-refractivity contribution < 1.29 is 13.2 Å². The number of fused-ring (bicyclic) bond motifs is 3. The van der Waals surface area contributed by atoms with Crippen LogP contribution in [0.5, 0.6) is 0 Å². The van der Waals surface area contributed by atoms with E-state index in [4.69, 9.17) is 0 Å². The number of aromatic amines is 1. The van der Waals surface area contributed by atoms with Crippen LogP contribution < -0.4 is 16.2 Å². The van der Waals surface area contributed by atoms with Crippen molar-refractivity contribution in [2.45, 2.75) is 25.6 Å². The van der Waals surface area contributed by atoms with E-state index in [0.29, 0.717) is 11.1 Å². The molecular weight excluding hydrogens is 366 g/mol. The molecule has 0 saturated heterocycles. The van der Waals surface area contributed by atoms with Crippen molar-refractivity contribution >= 4 is 41.4 Å². The fraction of sp³-hybridized carbons (Fsp3) is 0.400. The maximum atomic E-state index is 12.1. The molecule has 0 atom stereocenters. The minimum absolute atomic E-state index is 0. The van der Waals surface area contributed by atoms with Crippen LogP contribution in [0.25, 0.3) is 10.9 Å². The van der Waals surface area contributed by atoms with E-state index in [9.17, 15) is 18.0 Å². The fourth-order valence-electron chi connectivity index (χ4n) is 2.76. The Hall–Kier alpha value is -1.44. The minimum Gasteiger partial charge on any atom is -0.384 e. The second kappa shape index (κ2) is 8.09. The Bertz CT molecular complexity index is 762. The zero-order valence-electron chi connectivity index (χ0n) is 12.6. The molecule has 4 nitrogen and oxygen atoms in total. The molecule has 1 aromatic heterocycles. The molecule has 1 aromatic carbocycles. The first kappa shape index (κ1) is 20.6. The number of pyridine rings is 1. The van der Waals surface area contributed by atoms with E-state index in [0.717, 1.165) is 36.0 Å². The first-order chi connectivity index (χ1) is 10.4. The van der Waals surface area contributed by atoms with Crippen molar-refractivity contribution in [1.82, 2.24) is 10.3 Å². The lowest BCUT2D eigenvalue weighted by molar-refractivity contribution is -0.125. The van der Waals surface area contributed by atoms with Gasteiger partial charge in [0, 0.05) is 24.0 Å². The molecule has 24 heavy (non-hydrogen) atoms. The molecule has 0 saturated carbocycles. The second-order valence-electron chi connectivity index (χ2n) is 5.44. The third-order valence-electron chi connectivity index (χ3n) is 3.74. The molecule has 2 heterocycles. The molecule has 0 fully saturated rings. The summed E-state index contributed by atoms with van der Waals surface area (Å²) in [6.07, 6.45) is -2.57. The molecular formula is C15H18Cl2F3N3O. The van der Waals surface area contributed by atoms with E-state index < -0.39 is 12.7 Å². The quantitative estimate of drug-likeness (QED) is 0.761. The number of H-pyrrole nitrogens is 1. The molecule has 0 aliphatic carbocycles. The van der Waals surface area contributed by atoms with Gasteiger partial charge in [-0.15, -0.1) is 24.8 Å². The van der Waals surface area contributed by atoms with Gasteiger partial charge in [-0.05, 0) is 24.5 Å². The molecule has 0 unspecified atom stereocenters. The predicted octanol–water partition coefficient (Wildman–Crippen LogP) is 3.38. The zero-order valence-corrected chi connectivity index (χ0v) is 14.3. The normalized spacial score (nSPS) is 13.5. The number of halogens is 5. The van der Waals surface area contributed by atoms with Gasteiger partial charge in [-0.2, -0.15) is 13.2 Å². The molecule has 3 N–H and O–H groups in total. The average Bonchev–Trinajstić information content (AvgIpc) is 2.46. The topological polar surface area (TPSA) is 56.9 Å². The molecule has 0 spiro atoms. The number of benzene rings is 1. The Balaban J connectivity index is 0.00000144. The summed E-state index contributed by atoms with van der Waals surface area (Å²) in [5.74, 6) is 0. The van der Waals surface area contributed by atoms with Crippen LogP contribution in [-0.4, -0.2) is 24.2 Å². The molecule has 0 radical (unpaired) electrons. The number of alkyl halides is 3.